The van der Waals surface area contributed by atoms with Gasteiger partial charge in [0.2, 0.25) is 21.8 Å². The molecule has 0 unspecified atom stereocenters. The van der Waals surface area contributed by atoms with Crippen LogP contribution in [0.15, 0.2) is 72.8 Å². The van der Waals surface area contributed by atoms with Crippen LogP contribution in [0.3, 0.4) is 0 Å². The molecule has 3 rings (SSSR count). The second-order valence-electron chi connectivity index (χ2n) is 8.58. The number of para-hydroxylation sites is 1. The fraction of sp³-hybridized carbons (Fsp3) is 0.259. The van der Waals surface area contributed by atoms with Crippen molar-refractivity contribution in [2.75, 3.05) is 23.7 Å². The molecule has 3 aromatic rings. The molecule has 0 fully saturated rings. The van der Waals surface area contributed by atoms with Gasteiger partial charge >= 0.3 is 0 Å². The lowest BCUT2D eigenvalue weighted by molar-refractivity contribution is -0.140. The first-order valence-electron chi connectivity index (χ1n) is 11.8. The van der Waals surface area contributed by atoms with Gasteiger partial charge in [0.1, 0.15) is 12.6 Å². The molecule has 202 valence electrons. The van der Waals surface area contributed by atoms with Crippen LogP contribution in [0.4, 0.5) is 5.69 Å². The van der Waals surface area contributed by atoms with Crippen molar-refractivity contribution >= 4 is 62.3 Å². The number of nitrogens with one attached hydrogen (secondary N) is 1. The minimum atomic E-state index is -3.91. The number of carbonyl (C=O) groups is 2. The lowest BCUT2D eigenvalue weighted by atomic mass is 10.0. The van der Waals surface area contributed by atoms with Crippen molar-refractivity contribution in [2.45, 2.75) is 25.9 Å². The Hall–Kier alpha value is -2.78. The summed E-state index contributed by atoms with van der Waals surface area (Å²) in [5, 5.41) is 3.70. The summed E-state index contributed by atoms with van der Waals surface area (Å²) >= 11 is 18.8. The fourth-order valence-electron chi connectivity index (χ4n) is 3.93. The van der Waals surface area contributed by atoms with Gasteiger partial charge in [0.05, 0.1) is 17.0 Å². The topological polar surface area (TPSA) is 86.8 Å². The Morgan fingerprint density at radius 2 is 1.58 bits per heavy atom. The first kappa shape index (κ1) is 29.8. The zero-order chi connectivity index (χ0) is 27.9. The Balaban J connectivity index is 2.08. The summed E-state index contributed by atoms with van der Waals surface area (Å²) in [6.07, 6.45) is 1.20. The van der Waals surface area contributed by atoms with Crippen LogP contribution in [0.1, 0.15) is 18.1 Å². The number of rotatable bonds is 11. The number of halogens is 3. The molecule has 7 nitrogen and oxygen atoms in total. The lowest BCUT2D eigenvalue weighted by Gasteiger charge is -2.33. The Kier molecular flexibility index (Phi) is 10.4. The van der Waals surface area contributed by atoms with E-state index in [1.807, 2.05) is 30.3 Å². The van der Waals surface area contributed by atoms with E-state index >= 15 is 0 Å². The van der Waals surface area contributed by atoms with Crippen LogP contribution >= 0.6 is 34.8 Å². The van der Waals surface area contributed by atoms with Crippen molar-refractivity contribution in [3.63, 3.8) is 0 Å². The largest absolute Gasteiger partial charge is 0.355 e. The lowest BCUT2D eigenvalue weighted by Crippen LogP contribution is -2.53. The highest BCUT2D eigenvalue weighted by Crippen LogP contribution is 2.28. The third-order valence-electron chi connectivity index (χ3n) is 5.78. The van der Waals surface area contributed by atoms with Crippen LogP contribution in [-0.2, 0) is 32.6 Å². The highest BCUT2D eigenvalue weighted by molar-refractivity contribution is 7.92. The van der Waals surface area contributed by atoms with E-state index in [9.17, 15) is 18.0 Å². The van der Waals surface area contributed by atoms with Crippen LogP contribution in [0.5, 0.6) is 0 Å². The summed E-state index contributed by atoms with van der Waals surface area (Å²) in [6, 6.07) is 19.5. The molecule has 0 heterocycles. The third kappa shape index (κ3) is 7.86. The average molecular weight is 597 g/mol. The zero-order valence-electron chi connectivity index (χ0n) is 20.9. The molecule has 3 aromatic carbocycles. The highest BCUT2D eigenvalue weighted by atomic mass is 35.5. The molecule has 0 bridgehead atoms. The first-order chi connectivity index (χ1) is 18.0. The number of nitrogens with zero attached hydrogens (tertiary/aromatic N) is 2. The second kappa shape index (κ2) is 13.3. The molecule has 0 spiro atoms. The smallest absolute Gasteiger partial charge is 0.244 e. The molecule has 1 N–H and O–H groups in total. The van der Waals surface area contributed by atoms with Gasteiger partial charge in [-0.15, -0.1) is 0 Å². The molecule has 0 aliphatic carbocycles. The van der Waals surface area contributed by atoms with Gasteiger partial charge in [-0.1, -0.05) is 83.3 Å². The van der Waals surface area contributed by atoms with Gasteiger partial charge in [0.15, 0.2) is 0 Å². The van der Waals surface area contributed by atoms with Gasteiger partial charge in [-0.25, -0.2) is 8.42 Å². The van der Waals surface area contributed by atoms with Gasteiger partial charge in [-0.2, -0.15) is 0 Å². The molecule has 0 aromatic heterocycles. The van der Waals surface area contributed by atoms with Crippen molar-refractivity contribution in [3.05, 3.63) is 99.0 Å². The van der Waals surface area contributed by atoms with Crippen molar-refractivity contribution in [1.29, 1.82) is 0 Å². The SMILES string of the molecule is CCNC(=O)[C@H](Cc1ccccc1)N(Cc1ccc(Cl)cc1Cl)C(=O)CN(c1ccccc1Cl)S(C)(=O)=O. The van der Waals surface area contributed by atoms with E-state index < -0.39 is 28.5 Å². The number of carbonyl (C=O) groups excluding carboxylic acids is 2. The Labute approximate surface area is 238 Å². The van der Waals surface area contributed by atoms with Gasteiger partial charge in [0.25, 0.3) is 0 Å². The van der Waals surface area contributed by atoms with Crippen molar-refractivity contribution in [2.24, 2.45) is 0 Å². The first-order valence-corrected chi connectivity index (χ1v) is 14.8. The van der Waals surface area contributed by atoms with Crippen LogP contribution in [0.2, 0.25) is 15.1 Å². The monoisotopic (exact) mass is 595 g/mol. The summed E-state index contributed by atoms with van der Waals surface area (Å²) in [7, 11) is -3.91. The quantitative estimate of drug-likeness (QED) is 0.330. The van der Waals surface area contributed by atoms with E-state index in [-0.39, 0.29) is 29.6 Å². The molecule has 1 atom stereocenters. The maximum Gasteiger partial charge on any atom is 0.244 e. The molecule has 0 saturated heterocycles. The molecule has 2 amide bonds. The fourth-order valence-corrected chi connectivity index (χ4v) is 5.55. The molecule has 0 saturated carbocycles. The molecule has 38 heavy (non-hydrogen) atoms. The van der Waals surface area contributed by atoms with E-state index in [0.717, 1.165) is 16.1 Å². The van der Waals surface area contributed by atoms with Gasteiger partial charge < -0.3 is 10.2 Å². The third-order valence-corrected chi connectivity index (χ3v) is 7.81. The highest BCUT2D eigenvalue weighted by Gasteiger charge is 2.33. The number of sulfonamides is 1. The minimum absolute atomic E-state index is 0.0520. The molecule has 0 radical (unpaired) electrons. The van der Waals surface area contributed by atoms with Gasteiger partial charge in [-0.3, -0.25) is 13.9 Å². The maximum atomic E-state index is 13.9. The molecule has 0 aliphatic rings. The molecular formula is C27H28Cl3N3O4S. The second-order valence-corrected chi connectivity index (χ2v) is 11.7. The molecular weight excluding hydrogens is 569 g/mol. The zero-order valence-corrected chi connectivity index (χ0v) is 24.0. The van der Waals surface area contributed by atoms with Crippen molar-refractivity contribution in [3.8, 4) is 0 Å². The van der Waals surface area contributed by atoms with Crippen molar-refractivity contribution < 1.29 is 18.0 Å². The number of hydrogen-bond acceptors (Lipinski definition) is 4. The van der Waals surface area contributed by atoms with Gasteiger partial charge in [0, 0.05) is 29.6 Å². The van der Waals surface area contributed by atoms with Crippen LogP contribution in [-0.4, -0.2) is 50.5 Å². The molecule has 0 aliphatic heterocycles. The minimum Gasteiger partial charge on any atom is -0.355 e. The van der Waals surface area contributed by atoms with E-state index in [1.54, 1.807) is 37.3 Å². The number of amides is 2. The summed E-state index contributed by atoms with van der Waals surface area (Å²) in [4.78, 5) is 28.6. The summed E-state index contributed by atoms with van der Waals surface area (Å²) in [5.41, 5.74) is 1.54. The number of anilines is 1. The summed E-state index contributed by atoms with van der Waals surface area (Å²) < 4.78 is 26.5. The van der Waals surface area contributed by atoms with E-state index in [1.165, 1.54) is 17.0 Å². The predicted octanol–water partition coefficient (Wildman–Crippen LogP) is 5.19. The normalized spacial score (nSPS) is 12.0. The van der Waals surface area contributed by atoms with Crippen molar-refractivity contribution in [1.82, 2.24) is 10.2 Å². The van der Waals surface area contributed by atoms with Crippen LogP contribution < -0.4 is 9.62 Å². The number of likely N-dealkylation sites (N-methyl/N-ethyl adjacent to an activating group) is 1. The van der Waals surface area contributed by atoms with Crippen LogP contribution in [0, 0.1) is 0 Å². The van der Waals surface area contributed by atoms with E-state index in [2.05, 4.69) is 5.32 Å². The Morgan fingerprint density at radius 1 is 0.921 bits per heavy atom. The summed E-state index contributed by atoms with van der Waals surface area (Å²) in [5.74, 6) is -0.980. The average Bonchev–Trinajstić information content (AvgIpc) is 2.86. The Morgan fingerprint density at radius 3 is 2.18 bits per heavy atom. The number of benzene rings is 3. The van der Waals surface area contributed by atoms with Gasteiger partial charge in [-0.05, 0) is 42.3 Å². The maximum absolute atomic E-state index is 13.9. The van der Waals surface area contributed by atoms with Crippen LogP contribution in [0.25, 0.3) is 0 Å². The van der Waals surface area contributed by atoms with E-state index in [0.29, 0.717) is 22.2 Å². The number of hydrogen-bond donors (Lipinski definition) is 1. The molecule has 11 heteroatoms. The Bertz CT molecular complexity index is 1390. The standard InChI is InChI=1S/C27H28Cl3N3O4S/c1-3-31-27(35)25(15-19-9-5-4-6-10-19)32(17-20-13-14-21(28)16-23(20)30)26(34)18-33(38(2,36)37)24-12-8-7-11-22(24)29/h4-14,16,25H,3,15,17-18H2,1-2H3,(H,31,35)/t25-/m0/s1. The predicted molar refractivity (Wildman–Crippen MR) is 153 cm³/mol. The van der Waals surface area contributed by atoms with E-state index in [4.69, 9.17) is 34.8 Å². The summed E-state index contributed by atoms with van der Waals surface area (Å²) in [6.45, 7) is 1.51.